The minimum absolute atomic E-state index is 0.336. The highest BCUT2D eigenvalue weighted by Crippen LogP contribution is 2.05. The van der Waals surface area contributed by atoms with E-state index in [1.807, 2.05) is 6.07 Å². The molecular formula is C12H18O. The van der Waals surface area contributed by atoms with Crippen molar-refractivity contribution in [3.05, 3.63) is 35.9 Å². The third kappa shape index (κ3) is 4.09. The van der Waals surface area contributed by atoms with Crippen LogP contribution in [0.2, 0.25) is 0 Å². The first-order valence-electron chi connectivity index (χ1n) is 4.98. The predicted octanol–water partition coefficient (Wildman–Crippen LogP) is 3.04. The minimum atomic E-state index is 0.336. The van der Waals surface area contributed by atoms with Gasteiger partial charge >= 0.3 is 0 Å². The zero-order valence-electron chi connectivity index (χ0n) is 8.49. The molecule has 0 amide bonds. The molecule has 72 valence electrons. The van der Waals surface area contributed by atoms with Gasteiger partial charge in [-0.05, 0) is 25.3 Å². The number of hydrogen-bond donors (Lipinski definition) is 0. The average Bonchev–Trinajstić information content (AvgIpc) is 2.16. The zero-order valence-corrected chi connectivity index (χ0v) is 8.49. The van der Waals surface area contributed by atoms with Gasteiger partial charge in [0.25, 0.3) is 0 Å². The third-order valence-corrected chi connectivity index (χ3v) is 1.97. The molecule has 13 heavy (non-hydrogen) atoms. The van der Waals surface area contributed by atoms with Crippen LogP contribution in [-0.2, 0) is 11.2 Å². The molecule has 0 saturated heterocycles. The van der Waals surface area contributed by atoms with E-state index in [1.165, 1.54) is 5.56 Å². The van der Waals surface area contributed by atoms with E-state index in [0.717, 1.165) is 19.4 Å². The largest absolute Gasteiger partial charge is 0.378 e. The highest BCUT2D eigenvalue weighted by atomic mass is 16.5. The molecule has 0 N–H and O–H groups in total. The van der Waals surface area contributed by atoms with Crippen molar-refractivity contribution in [2.75, 3.05) is 6.61 Å². The summed E-state index contributed by atoms with van der Waals surface area (Å²) in [5.41, 5.74) is 1.35. The van der Waals surface area contributed by atoms with Crippen molar-refractivity contribution in [1.82, 2.24) is 0 Å². The monoisotopic (exact) mass is 178 g/mol. The van der Waals surface area contributed by atoms with Gasteiger partial charge in [0, 0.05) is 6.61 Å². The van der Waals surface area contributed by atoms with Crippen molar-refractivity contribution < 1.29 is 4.74 Å². The molecule has 0 saturated carbocycles. The van der Waals surface area contributed by atoms with Crippen LogP contribution in [0, 0.1) is 0 Å². The Morgan fingerprint density at radius 2 is 1.92 bits per heavy atom. The molecule has 0 aliphatic carbocycles. The Labute approximate surface area is 80.7 Å². The van der Waals surface area contributed by atoms with E-state index in [0.29, 0.717) is 6.10 Å². The molecule has 1 aromatic rings. The van der Waals surface area contributed by atoms with Crippen molar-refractivity contribution in [2.24, 2.45) is 0 Å². The van der Waals surface area contributed by atoms with Crippen LogP contribution >= 0.6 is 0 Å². The smallest absolute Gasteiger partial charge is 0.0587 e. The quantitative estimate of drug-likeness (QED) is 0.673. The summed E-state index contributed by atoms with van der Waals surface area (Å²) in [5.74, 6) is 0. The first kappa shape index (κ1) is 10.3. The van der Waals surface area contributed by atoms with Gasteiger partial charge in [0.2, 0.25) is 0 Å². The van der Waals surface area contributed by atoms with Crippen molar-refractivity contribution in [2.45, 2.75) is 32.8 Å². The minimum Gasteiger partial charge on any atom is -0.378 e. The molecule has 0 spiro atoms. The summed E-state index contributed by atoms with van der Waals surface area (Å²) >= 11 is 0. The first-order valence-corrected chi connectivity index (χ1v) is 4.98. The van der Waals surface area contributed by atoms with Crippen molar-refractivity contribution in [3.8, 4) is 0 Å². The topological polar surface area (TPSA) is 9.23 Å². The molecule has 1 atom stereocenters. The Morgan fingerprint density at radius 3 is 2.54 bits per heavy atom. The molecular weight excluding hydrogens is 160 g/mol. The maximum absolute atomic E-state index is 5.60. The second kappa shape index (κ2) is 5.76. The van der Waals surface area contributed by atoms with Gasteiger partial charge in [-0.25, -0.2) is 0 Å². The Hall–Kier alpha value is -0.820. The van der Waals surface area contributed by atoms with Gasteiger partial charge in [-0.1, -0.05) is 37.3 Å². The molecule has 0 heterocycles. The van der Waals surface area contributed by atoms with Crippen LogP contribution in [0.15, 0.2) is 30.3 Å². The fraction of sp³-hybridized carbons (Fsp3) is 0.500. The number of ether oxygens (including phenoxy) is 1. The second-order valence-corrected chi connectivity index (χ2v) is 3.37. The zero-order chi connectivity index (χ0) is 9.52. The molecule has 0 aliphatic rings. The average molecular weight is 178 g/mol. The number of rotatable bonds is 5. The fourth-order valence-electron chi connectivity index (χ4n) is 1.32. The summed E-state index contributed by atoms with van der Waals surface area (Å²) in [7, 11) is 0. The van der Waals surface area contributed by atoms with Crippen LogP contribution in [0.4, 0.5) is 0 Å². The maximum Gasteiger partial charge on any atom is 0.0587 e. The first-order chi connectivity index (χ1) is 6.33. The summed E-state index contributed by atoms with van der Waals surface area (Å²) in [6, 6.07) is 10.5. The maximum atomic E-state index is 5.60. The van der Waals surface area contributed by atoms with Gasteiger partial charge in [-0.15, -0.1) is 0 Å². The molecule has 1 unspecified atom stereocenters. The lowest BCUT2D eigenvalue weighted by Crippen LogP contribution is -2.11. The Bertz CT molecular complexity index is 218. The van der Waals surface area contributed by atoms with Crippen LogP contribution in [0.5, 0.6) is 0 Å². The lowest BCUT2D eigenvalue weighted by molar-refractivity contribution is 0.0669. The standard InChI is InChI=1S/C12H18O/c1-3-9-13-11(2)10-12-7-5-4-6-8-12/h4-8,11H,3,9-10H2,1-2H3. The van der Waals surface area contributed by atoms with E-state index in [1.54, 1.807) is 0 Å². The summed E-state index contributed by atoms with van der Waals surface area (Å²) < 4.78 is 5.60. The van der Waals surface area contributed by atoms with Crippen LogP contribution in [0.3, 0.4) is 0 Å². The van der Waals surface area contributed by atoms with Gasteiger partial charge in [-0.2, -0.15) is 0 Å². The molecule has 0 aromatic heterocycles. The summed E-state index contributed by atoms with van der Waals surface area (Å²) in [6.07, 6.45) is 2.45. The van der Waals surface area contributed by atoms with Crippen LogP contribution in [-0.4, -0.2) is 12.7 Å². The molecule has 0 radical (unpaired) electrons. The lowest BCUT2D eigenvalue weighted by atomic mass is 10.1. The van der Waals surface area contributed by atoms with E-state index in [2.05, 4.69) is 38.1 Å². The van der Waals surface area contributed by atoms with Crippen molar-refractivity contribution >= 4 is 0 Å². The molecule has 0 bridgehead atoms. The molecule has 1 rings (SSSR count). The Balaban J connectivity index is 2.32. The molecule has 1 aromatic carbocycles. The van der Waals surface area contributed by atoms with Crippen LogP contribution in [0.25, 0.3) is 0 Å². The van der Waals surface area contributed by atoms with E-state index < -0.39 is 0 Å². The fourth-order valence-corrected chi connectivity index (χ4v) is 1.32. The lowest BCUT2D eigenvalue weighted by Gasteiger charge is -2.11. The van der Waals surface area contributed by atoms with E-state index in [-0.39, 0.29) is 0 Å². The van der Waals surface area contributed by atoms with E-state index in [4.69, 9.17) is 4.74 Å². The van der Waals surface area contributed by atoms with E-state index >= 15 is 0 Å². The van der Waals surface area contributed by atoms with E-state index in [9.17, 15) is 0 Å². The Kier molecular flexibility index (Phi) is 4.55. The number of benzene rings is 1. The molecule has 0 aliphatic heterocycles. The van der Waals surface area contributed by atoms with Gasteiger partial charge in [0.1, 0.15) is 0 Å². The highest BCUT2D eigenvalue weighted by molar-refractivity contribution is 5.15. The summed E-state index contributed by atoms with van der Waals surface area (Å²) in [6.45, 7) is 5.13. The van der Waals surface area contributed by atoms with Crippen LogP contribution < -0.4 is 0 Å². The van der Waals surface area contributed by atoms with Gasteiger partial charge in [-0.3, -0.25) is 0 Å². The summed E-state index contributed by atoms with van der Waals surface area (Å²) in [4.78, 5) is 0. The molecule has 1 nitrogen and oxygen atoms in total. The Morgan fingerprint density at radius 1 is 1.23 bits per heavy atom. The van der Waals surface area contributed by atoms with Gasteiger partial charge < -0.3 is 4.74 Å². The predicted molar refractivity (Wildman–Crippen MR) is 55.9 cm³/mol. The normalized spacial score (nSPS) is 12.8. The summed E-state index contributed by atoms with van der Waals surface area (Å²) in [5, 5.41) is 0. The van der Waals surface area contributed by atoms with Gasteiger partial charge in [0.05, 0.1) is 6.10 Å². The molecule has 0 fully saturated rings. The molecule has 1 heteroatoms. The second-order valence-electron chi connectivity index (χ2n) is 3.37. The highest BCUT2D eigenvalue weighted by Gasteiger charge is 2.01. The van der Waals surface area contributed by atoms with Crippen LogP contribution in [0.1, 0.15) is 25.8 Å². The SMILES string of the molecule is CCCOC(C)Cc1ccccc1. The van der Waals surface area contributed by atoms with Crippen molar-refractivity contribution in [1.29, 1.82) is 0 Å². The van der Waals surface area contributed by atoms with Gasteiger partial charge in [0.15, 0.2) is 0 Å². The van der Waals surface area contributed by atoms with Crippen molar-refractivity contribution in [3.63, 3.8) is 0 Å². The third-order valence-electron chi connectivity index (χ3n) is 1.97. The number of hydrogen-bond acceptors (Lipinski definition) is 1.